The predicted octanol–water partition coefficient (Wildman–Crippen LogP) is 0.430. The monoisotopic (exact) mass is 326 g/mol. The number of ether oxygens (including phenoxy) is 1. The van der Waals surface area contributed by atoms with Crippen molar-refractivity contribution in [1.82, 2.24) is 10.2 Å². The number of nitrogens with zero attached hydrogens (tertiary/aromatic N) is 1. The predicted molar refractivity (Wildman–Crippen MR) is 84.5 cm³/mol. The lowest BCUT2D eigenvalue weighted by Crippen LogP contribution is -2.42. The number of carbonyl (C=O) groups excluding carboxylic acids is 1. The number of carbonyl (C=O) groups is 1. The van der Waals surface area contributed by atoms with Crippen LogP contribution in [0.3, 0.4) is 0 Å². The second-order valence-corrected chi connectivity index (χ2v) is 7.71. The average molecular weight is 326 g/mol. The first-order valence-electron chi connectivity index (χ1n) is 7.21. The first-order valence-corrected chi connectivity index (χ1v) is 9.03. The van der Waals surface area contributed by atoms with Crippen LogP contribution in [-0.2, 0) is 21.2 Å². The van der Waals surface area contributed by atoms with Crippen molar-refractivity contribution in [2.24, 2.45) is 0 Å². The minimum absolute atomic E-state index is 0.107. The third kappa shape index (κ3) is 4.45. The molecule has 0 spiro atoms. The van der Waals surface area contributed by atoms with Crippen molar-refractivity contribution in [3.63, 3.8) is 0 Å². The van der Waals surface area contributed by atoms with Gasteiger partial charge in [-0.15, -0.1) is 0 Å². The molecule has 122 valence electrons. The molecule has 0 radical (unpaired) electrons. The molecule has 1 fully saturated rings. The highest BCUT2D eigenvalue weighted by molar-refractivity contribution is 7.91. The van der Waals surface area contributed by atoms with Crippen molar-refractivity contribution in [3.05, 3.63) is 29.8 Å². The largest absolute Gasteiger partial charge is 0.497 e. The number of amides is 1. The van der Waals surface area contributed by atoms with Gasteiger partial charge in [0.2, 0.25) is 5.91 Å². The van der Waals surface area contributed by atoms with Gasteiger partial charge in [0.15, 0.2) is 9.84 Å². The number of methoxy groups -OCH3 is 1. The van der Waals surface area contributed by atoms with Gasteiger partial charge in [0.25, 0.3) is 0 Å². The normalized spacial score (nSPS) is 20.0. The molecule has 2 rings (SSSR count). The maximum absolute atomic E-state index is 11.7. The number of benzene rings is 1. The Morgan fingerprint density at radius 3 is 2.55 bits per heavy atom. The molecule has 1 unspecified atom stereocenters. The Morgan fingerprint density at radius 1 is 1.36 bits per heavy atom. The highest BCUT2D eigenvalue weighted by Gasteiger charge is 2.32. The number of hydrogen-bond acceptors (Lipinski definition) is 5. The molecule has 1 amide bonds. The molecule has 0 bridgehead atoms. The van der Waals surface area contributed by atoms with Crippen LogP contribution >= 0.6 is 0 Å². The smallest absolute Gasteiger partial charge is 0.233 e. The van der Waals surface area contributed by atoms with Crippen molar-refractivity contribution in [2.45, 2.75) is 19.0 Å². The molecule has 1 aliphatic heterocycles. The molecular weight excluding hydrogens is 304 g/mol. The van der Waals surface area contributed by atoms with E-state index in [-0.39, 0.29) is 30.0 Å². The summed E-state index contributed by atoms with van der Waals surface area (Å²) in [5.41, 5.74) is 1.02. The minimum Gasteiger partial charge on any atom is -0.497 e. The van der Waals surface area contributed by atoms with Gasteiger partial charge < -0.3 is 10.1 Å². The van der Waals surface area contributed by atoms with E-state index in [1.165, 1.54) is 0 Å². The summed E-state index contributed by atoms with van der Waals surface area (Å²) < 4.78 is 28.5. The molecule has 1 saturated heterocycles. The number of likely N-dealkylation sites (N-methyl/N-ethyl adjacent to an activating group) is 1. The van der Waals surface area contributed by atoms with E-state index in [0.29, 0.717) is 13.0 Å². The van der Waals surface area contributed by atoms with E-state index in [0.717, 1.165) is 11.3 Å². The summed E-state index contributed by atoms with van der Waals surface area (Å²) in [6, 6.07) is 7.47. The van der Waals surface area contributed by atoms with E-state index in [4.69, 9.17) is 4.74 Å². The fraction of sp³-hybridized carbons (Fsp3) is 0.533. The topological polar surface area (TPSA) is 75.7 Å². The zero-order valence-electron chi connectivity index (χ0n) is 12.9. The third-order valence-electron chi connectivity index (χ3n) is 3.90. The van der Waals surface area contributed by atoms with Gasteiger partial charge in [0.1, 0.15) is 5.75 Å². The van der Waals surface area contributed by atoms with Crippen molar-refractivity contribution in [3.8, 4) is 5.75 Å². The standard InChI is InChI=1S/C15H22N2O4S/c1-16-15(18)10-17(13-7-8-22(19,20)11-13)9-12-3-5-14(21-2)6-4-12/h3-6,13H,7-11H2,1-2H3,(H,16,18). The molecule has 1 aliphatic rings. The summed E-state index contributed by atoms with van der Waals surface area (Å²) in [5, 5.41) is 2.59. The number of hydrogen-bond donors (Lipinski definition) is 1. The summed E-state index contributed by atoms with van der Waals surface area (Å²) in [5.74, 6) is 0.980. The molecule has 1 aromatic rings. The molecule has 7 heteroatoms. The Balaban J connectivity index is 2.11. The molecular formula is C15H22N2O4S. The van der Waals surface area contributed by atoms with Crippen molar-refractivity contribution in [2.75, 3.05) is 32.2 Å². The second-order valence-electron chi connectivity index (χ2n) is 5.48. The molecule has 1 aromatic carbocycles. The summed E-state index contributed by atoms with van der Waals surface area (Å²) in [6.45, 7) is 0.736. The first kappa shape index (κ1) is 16.8. The molecule has 6 nitrogen and oxygen atoms in total. The van der Waals surface area contributed by atoms with Crippen LogP contribution in [0.5, 0.6) is 5.75 Å². The molecule has 0 aliphatic carbocycles. The van der Waals surface area contributed by atoms with Crippen LogP contribution in [0.25, 0.3) is 0 Å². The van der Waals surface area contributed by atoms with E-state index in [1.807, 2.05) is 29.2 Å². The van der Waals surface area contributed by atoms with E-state index >= 15 is 0 Å². The highest BCUT2D eigenvalue weighted by Crippen LogP contribution is 2.21. The third-order valence-corrected chi connectivity index (χ3v) is 5.65. The van der Waals surface area contributed by atoms with Crippen molar-refractivity contribution < 1.29 is 17.9 Å². The number of rotatable bonds is 6. The Hall–Kier alpha value is -1.60. The summed E-state index contributed by atoms with van der Waals surface area (Å²) in [7, 11) is 0.211. The maximum atomic E-state index is 11.7. The summed E-state index contributed by atoms with van der Waals surface area (Å²) in [6.07, 6.45) is 0.579. The van der Waals surface area contributed by atoms with Gasteiger partial charge in [-0.3, -0.25) is 9.69 Å². The minimum atomic E-state index is -2.98. The zero-order valence-corrected chi connectivity index (χ0v) is 13.7. The van der Waals surface area contributed by atoms with Crippen LogP contribution in [0.2, 0.25) is 0 Å². The van der Waals surface area contributed by atoms with Crippen molar-refractivity contribution >= 4 is 15.7 Å². The Morgan fingerprint density at radius 2 is 2.05 bits per heavy atom. The fourth-order valence-corrected chi connectivity index (χ4v) is 4.37. The molecule has 1 N–H and O–H groups in total. The SMILES string of the molecule is CNC(=O)CN(Cc1ccc(OC)cc1)C1CCS(=O)(=O)C1. The van der Waals surface area contributed by atoms with Crippen LogP contribution in [0.15, 0.2) is 24.3 Å². The second kappa shape index (κ2) is 7.11. The van der Waals surface area contributed by atoms with Gasteiger partial charge in [0.05, 0.1) is 25.2 Å². The van der Waals surface area contributed by atoms with E-state index in [1.54, 1.807) is 14.2 Å². The van der Waals surface area contributed by atoms with Crippen LogP contribution in [-0.4, -0.2) is 57.5 Å². The number of sulfone groups is 1. The summed E-state index contributed by atoms with van der Waals surface area (Å²) in [4.78, 5) is 13.6. The van der Waals surface area contributed by atoms with Crippen molar-refractivity contribution in [1.29, 1.82) is 0 Å². The van der Waals surface area contributed by atoms with Crippen LogP contribution in [0.1, 0.15) is 12.0 Å². The lowest BCUT2D eigenvalue weighted by atomic mass is 10.1. The first-order chi connectivity index (χ1) is 10.4. The Kier molecular flexibility index (Phi) is 5.42. The maximum Gasteiger partial charge on any atom is 0.233 e. The van der Waals surface area contributed by atoms with E-state index < -0.39 is 9.84 Å². The lowest BCUT2D eigenvalue weighted by molar-refractivity contribution is -0.122. The van der Waals surface area contributed by atoms with Crippen LogP contribution in [0.4, 0.5) is 0 Å². The lowest BCUT2D eigenvalue weighted by Gasteiger charge is -2.27. The van der Waals surface area contributed by atoms with Gasteiger partial charge >= 0.3 is 0 Å². The van der Waals surface area contributed by atoms with E-state index in [9.17, 15) is 13.2 Å². The Bertz CT molecular complexity index is 613. The van der Waals surface area contributed by atoms with Gasteiger partial charge in [-0.05, 0) is 24.1 Å². The van der Waals surface area contributed by atoms with E-state index in [2.05, 4.69) is 5.32 Å². The quantitative estimate of drug-likeness (QED) is 0.820. The molecule has 22 heavy (non-hydrogen) atoms. The van der Waals surface area contributed by atoms with Gasteiger partial charge in [-0.1, -0.05) is 12.1 Å². The highest BCUT2D eigenvalue weighted by atomic mass is 32.2. The summed E-state index contributed by atoms with van der Waals surface area (Å²) >= 11 is 0. The molecule has 1 heterocycles. The van der Waals surface area contributed by atoms with Crippen LogP contribution in [0, 0.1) is 0 Å². The number of nitrogens with one attached hydrogen (secondary N) is 1. The van der Waals surface area contributed by atoms with Gasteiger partial charge in [-0.2, -0.15) is 0 Å². The van der Waals surface area contributed by atoms with Crippen LogP contribution < -0.4 is 10.1 Å². The molecule has 1 atom stereocenters. The van der Waals surface area contributed by atoms with Gasteiger partial charge in [0, 0.05) is 19.6 Å². The fourth-order valence-electron chi connectivity index (χ4n) is 2.61. The Labute approximate surface area is 131 Å². The van der Waals surface area contributed by atoms with Gasteiger partial charge in [-0.25, -0.2) is 8.42 Å². The molecule has 0 aromatic heterocycles. The average Bonchev–Trinajstić information content (AvgIpc) is 2.87. The molecule has 0 saturated carbocycles. The zero-order chi connectivity index (χ0) is 16.2.